The van der Waals surface area contributed by atoms with Gasteiger partial charge >= 0.3 is 0 Å². The highest BCUT2D eigenvalue weighted by Gasteiger charge is 2.29. The van der Waals surface area contributed by atoms with Gasteiger partial charge in [0.25, 0.3) is 0 Å². The zero-order chi connectivity index (χ0) is 16.5. The minimum absolute atomic E-state index is 0.228. The third kappa shape index (κ3) is 2.69. The molecule has 0 radical (unpaired) electrons. The molecule has 2 aromatic heterocycles. The summed E-state index contributed by atoms with van der Waals surface area (Å²) in [6, 6.07) is 8.46. The van der Waals surface area contributed by atoms with Crippen LogP contribution < -0.4 is 5.73 Å². The second-order valence-electron chi connectivity index (χ2n) is 6.23. The first-order valence-corrected chi connectivity index (χ1v) is 8.08. The maximum Gasteiger partial charge on any atom is 0.123 e. The van der Waals surface area contributed by atoms with E-state index in [-0.39, 0.29) is 11.9 Å². The van der Waals surface area contributed by atoms with E-state index in [1.807, 2.05) is 6.07 Å². The summed E-state index contributed by atoms with van der Waals surface area (Å²) in [7, 11) is 0. The van der Waals surface area contributed by atoms with Crippen LogP contribution in [0.15, 0.2) is 42.9 Å². The molecule has 2 heterocycles. The van der Waals surface area contributed by atoms with Crippen molar-refractivity contribution in [3.8, 4) is 22.5 Å². The van der Waals surface area contributed by atoms with E-state index in [2.05, 4.69) is 20.2 Å². The third-order valence-electron chi connectivity index (χ3n) is 4.63. The first-order valence-electron chi connectivity index (χ1n) is 8.08. The number of nitrogens with zero attached hydrogens (tertiary/aromatic N) is 3. The second kappa shape index (κ2) is 6.13. The summed E-state index contributed by atoms with van der Waals surface area (Å²) in [5, 5.41) is 7.70. The normalized spacial score (nSPS) is 20.4. The molecule has 2 atom stereocenters. The Kier molecular flexibility index (Phi) is 3.82. The minimum atomic E-state index is -0.264. The molecule has 1 aliphatic carbocycles. The molecule has 1 fully saturated rings. The van der Waals surface area contributed by atoms with Crippen molar-refractivity contribution in [3.63, 3.8) is 0 Å². The van der Waals surface area contributed by atoms with Crippen molar-refractivity contribution < 1.29 is 4.39 Å². The van der Waals surface area contributed by atoms with Crippen LogP contribution in [0, 0.1) is 5.82 Å². The second-order valence-corrected chi connectivity index (χ2v) is 6.23. The van der Waals surface area contributed by atoms with Gasteiger partial charge in [-0.25, -0.2) is 14.4 Å². The monoisotopic (exact) mass is 323 g/mol. The smallest absolute Gasteiger partial charge is 0.123 e. The van der Waals surface area contributed by atoms with Crippen molar-refractivity contribution in [2.75, 3.05) is 0 Å². The number of benzene rings is 1. The van der Waals surface area contributed by atoms with Crippen molar-refractivity contribution in [2.45, 2.75) is 31.2 Å². The average molecular weight is 323 g/mol. The van der Waals surface area contributed by atoms with E-state index in [0.717, 1.165) is 47.5 Å². The van der Waals surface area contributed by atoms with Gasteiger partial charge in [-0.3, -0.25) is 5.10 Å². The van der Waals surface area contributed by atoms with Crippen molar-refractivity contribution in [3.05, 3.63) is 54.4 Å². The van der Waals surface area contributed by atoms with Crippen LogP contribution in [0.25, 0.3) is 22.5 Å². The van der Waals surface area contributed by atoms with Crippen LogP contribution in [-0.4, -0.2) is 26.2 Å². The van der Waals surface area contributed by atoms with E-state index in [0.29, 0.717) is 5.92 Å². The summed E-state index contributed by atoms with van der Waals surface area (Å²) in [5.74, 6) is 0.0755. The molecule has 122 valence electrons. The molecular weight excluding hydrogens is 305 g/mol. The number of nitrogens with one attached hydrogen (secondary N) is 1. The summed E-state index contributed by atoms with van der Waals surface area (Å²) >= 11 is 0. The maximum absolute atomic E-state index is 13.3. The lowest BCUT2D eigenvalue weighted by Gasteiger charge is -2.11. The first kappa shape index (κ1) is 15.0. The number of hydrogen-bond donors (Lipinski definition) is 2. The van der Waals surface area contributed by atoms with Crippen LogP contribution in [-0.2, 0) is 0 Å². The zero-order valence-electron chi connectivity index (χ0n) is 13.1. The van der Waals surface area contributed by atoms with E-state index in [9.17, 15) is 4.39 Å². The van der Waals surface area contributed by atoms with Gasteiger partial charge in [0, 0.05) is 35.0 Å². The molecule has 3 N–H and O–H groups in total. The molecule has 1 aliphatic rings. The van der Waals surface area contributed by atoms with E-state index < -0.39 is 0 Å². The fraction of sp³-hybridized carbons (Fsp3) is 0.278. The molecule has 2 unspecified atom stereocenters. The Morgan fingerprint density at radius 1 is 1.12 bits per heavy atom. The predicted octanol–water partition coefficient (Wildman–Crippen LogP) is 3.27. The molecule has 1 aromatic carbocycles. The lowest BCUT2D eigenvalue weighted by molar-refractivity contribution is 0.628. The van der Waals surface area contributed by atoms with Gasteiger partial charge < -0.3 is 5.73 Å². The Hall–Kier alpha value is -2.60. The Labute approximate surface area is 139 Å². The van der Waals surface area contributed by atoms with E-state index in [1.54, 1.807) is 18.3 Å². The average Bonchev–Trinajstić information content (AvgIpc) is 3.22. The van der Waals surface area contributed by atoms with Crippen molar-refractivity contribution in [1.29, 1.82) is 0 Å². The highest BCUT2D eigenvalue weighted by Crippen LogP contribution is 2.41. The van der Waals surface area contributed by atoms with Gasteiger partial charge in [0.1, 0.15) is 17.8 Å². The molecule has 3 aromatic rings. The maximum atomic E-state index is 13.3. The number of rotatable bonds is 3. The zero-order valence-corrected chi connectivity index (χ0v) is 13.1. The van der Waals surface area contributed by atoms with Gasteiger partial charge in [0.05, 0.1) is 5.69 Å². The van der Waals surface area contributed by atoms with E-state index >= 15 is 0 Å². The van der Waals surface area contributed by atoms with Crippen LogP contribution in [0.1, 0.15) is 30.9 Å². The van der Waals surface area contributed by atoms with E-state index in [1.165, 1.54) is 18.5 Å². The number of aromatic amines is 1. The largest absolute Gasteiger partial charge is 0.328 e. The quantitative estimate of drug-likeness (QED) is 0.775. The molecule has 0 saturated heterocycles. The Morgan fingerprint density at radius 2 is 1.96 bits per heavy atom. The predicted molar refractivity (Wildman–Crippen MR) is 89.6 cm³/mol. The van der Waals surface area contributed by atoms with Gasteiger partial charge in [-0.1, -0.05) is 0 Å². The lowest BCUT2D eigenvalue weighted by atomic mass is 9.94. The van der Waals surface area contributed by atoms with Crippen LogP contribution in [0.3, 0.4) is 0 Å². The number of halogens is 1. The van der Waals surface area contributed by atoms with Gasteiger partial charge in [-0.15, -0.1) is 0 Å². The molecule has 6 heteroatoms. The fourth-order valence-electron chi connectivity index (χ4n) is 3.44. The Balaban J connectivity index is 1.85. The van der Waals surface area contributed by atoms with Gasteiger partial charge in [-0.05, 0) is 49.6 Å². The summed E-state index contributed by atoms with van der Waals surface area (Å²) in [4.78, 5) is 8.40. The topological polar surface area (TPSA) is 80.5 Å². The van der Waals surface area contributed by atoms with Crippen LogP contribution in [0.5, 0.6) is 0 Å². The highest BCUT2D eigenvalue weighted by molar-refractivity contribution is 5.81. The van der Waals surface area contributed by atoms with Crippen molar-refractivity contribution in [1.82, 2.24) is 20.2 Å². The van der Waals surface area contributed by atoms with Crippen LogP contribution in [0.2, 0.25) is 0 Å². The number of hydrogen-bond acceptors (Lipinski definition) is 4. The van der Waals surface area contributed by atoms with E-state index in [4.69, 9.17) is 5.73 Å². The van der Waals surface area contributed by atoms with Crippen LogP contribution in [0.4, 0.5) is 4.39 Å². The molecular formula is C18H18FN5. The molecule has 24 heavy (non-hydrogen) atoms. The van der Waals surface area contributed by atoms with Gasteiger partial charge in [-0.2, -0.15) is 5.10 Å². The molecule has 5 nitrogen and oxygen atoms in total. The van der Waals surface area contributed by atoms with Crippen molar-refractivity contribution in [2.24, 2.45) is 5.73 Å². The fourth-order valence-corrected chi connectivity index (χ4v) is 3.44. The summed E-state index contributed by atoms with van der Waals surface area (Å²) in [5.41, 5.74) is 10.6. The lowest BCUT2D eigenvalue weighted by Crippen LogP contribution is -2.14. The Bertz CT molecular complexity index is 828. The standard InChI is InChI=1S/C18H18FN5/c19-13-4-1-11(2-5-13)17-16(15-7-8-21-10-22-15)18(24-23-17)12-3-6-14(20)9-12/h1-2,4-5,7-8,10,12,14H,3,6,9,20H2,(H,23,24). The van der Waals surface area contributed by atoms with Gasteiger partial charge in [0.15, 0.2) is 0 Å². The summed E-state index contributed by atoms with van der Waals surface area (Å²) < 4.78 is 13.3. The SMILES string of the molecule is NC1CCC(c2[nH]nc(-c3ccc(F)cc3)c2-c2ccncn2)C1. The summed E-state index contributed by atoms with van der Waals surface area (Å²) in [6.45, 7) is 0. The van der Waals surface area contributed by atoms with Crippen molar-refractivity contribution >= 4 is 0 Å². The minimum Gasteiger partial charge on any atom is -0.328 e. The highest BCUT2D eigenvalue weighted by atomic mass is 19.1. The van der Waals surface area contributed by atoms with Gasteiger partial charge in [0.2, 0.25) is 0 Å². The first-order chi connectivity index (χ1) is 11.7. The number of aromatic nitrogens is 4. The summed E-state index contributed by atoms with van der Waals surface area (Å²) in [6.07, 6.45) is 6.22. The molecule has 4 rings (SSSR count). The number of nitrogens with two attached hydrogens (primary N) is 1. The molecule has 0 spiro atoms. The molecule has 1 saturated carbocycles. The molecule has 0 bridgehead atoms. The number of H-pyrrole nitrogens is 1. The third-order valence-corrected chi connectivity index (χ3v) is 4.63. The van der Waals surface area contributed by atoms with Crippen LogP contribution >= 0.6 is 0 Å². The molecule has 0 aliphatic heterocycles. The Morgan fingerprint density at radius 3 is 2.62 bits per heavy atom. The molecule has 0 amide bonds.